The molecule has 1 N–H and O–H groups in total. The molecule has 3 heterocycles. The molecule has 4 rings (SSSR count). The van der Waals surface area contributed by atoms with Crippen LogP contribution in [0.25, 0.3) is 22.6 Å². The maximum Gasteiger partial charge on any atom is 0.244 e. The summed E-state index contributed by atoms with van der Waals surface area (Å²) >= 11 is 0. The SMILES string of the molecule is COc1ccc2c(n1)c(C#N)c(-c1ncc(S(=O)(=O)NC(CF)CF)cn1)n2C1CCC1. The van der Waals surface area contributed by atoms with E-state index in [9.17, 15) is 22.5 Å². The molecule has 168 valence electrons. The van der Waals surface area contributed by atoms with Crippen LogP contribution in [0.3, 0.4) is 0 Å². The largest absolute Gasteiger partial charge is 0.481 e. The van der Waals surface area contributed by atoms with Crippen LogP contribution in [0.15, 0.2) is 29.4 Å². The maximum absolute atomic E-state index is 12.7. The average molecular weight is 462 g/mol. The van der Waals surface area contributed by atoms with Crippen LogP contribution in [-0.2, 0) is 10.0 Å². The first kappa shape index (κ1) is 22.0. The minimum Gasteiger partial charge on any atom is -0.481 e. The smallest absolute Gasteiger partial charge is 0.244 e. The van der Waals surface area contributed by atoms with Crippen molar-refractivity contribution < 1.29 is 21.9 Å². The number of hydrogen-bond donors (Lipinski definition) is 1. The highest BCUT2D eigenvalue weighted by molar-refractivity contribution is 7.89. The minimum atomic E-state index is -4.21. The number of nitriles is 1. The molecule has 1 saturated carbocycles. The van der Waals surface area contributed by atoms with Crippen LogP contribution >= 0.6 is 0 Å². The number of pyridine rings is 1. The van der Waals surface area contributed by atoms with Crippen molar-refractivity contribution in [3.8, 4) is 23.5 Å². The maximum atomic E-state index is 12.7. The number of ether oxygens (including phenoxy) is 1. The third-order valence-corrected chi connectivity index (χ3v) is 6.90. The normalized spacial score (nSPS) is 14.5. The Kier molecular flexibility index (Phi) is 6.03. The third kappa shape index (κ3) is 3.78. The molecule has 1 aliphatic rings. The zero-order valence-electron chi connectivity index (χ0n) is 17.1. The lowest BCUT2D eigenvalue weighted by Gasteiger charge is -2.29. The van der Waals surface area contributed by atoms with Gasteiger partial charge in [-0.2, -0.15) is 5.26 Å². The summed E-state index contributed by atoms with van der Waals surface area (Å²) in [5.74, 6) is 0.506. The van der Waals surface area contributed by atoms with Crippen LogP contribution in [0.4, 0.5) is 8.78 Å². The molecule has 0 aliphatic heterocycles. The fourth-order valence-corrected chi connectivity index (χ4v) is 4.68. The highest BCUT2D eigenvalue weighted by Gasteiger charge is 2.30. The summed E-state index contributed by atoms with van der Waals surface area (Å²) < 4.78 is 59.3. The Morgan fingerprint density at radius 2 is 1.97 bits per heavy atom. The number of rotatable bonds is 8. The molecule has 1 fully saturated rings. The van der Waals surface area contributed by atoms with Gasteiger partial charge >= 0.3 is 0 Å². The zero-order valence-corrected chi connectivity index (χ0v) is 17.9. The summed E-state index contributed by atoms with van der Waals surface area (Å²) in [6, 6.07) is 4.34. The molecule has 3 aromatic heterocycles. The quantitative estimate of drug-likeness (QED) is 0.546. The van der Waals surface area contributed by atoms with Crippen molar-refractivity contribution in [2.75, 3.05) is 20.5 Å². The van der Waals surface area contributed by atoms with E-state index in [4.69, 9.17) is 4.74 Å². The summed E-state index contributed by atoms with van der Waals surface area (Å²) in [5.41, 5.74) is 1.88. The summed E-state index contributed by atoms with van der Waals surface area (Å²) in [7, 11) is -2.72. The van der Waals surface area contributed by atoms with E-state index >= 15 is 0 Å². The van der Waals surface area contributed by atoms with E-state index in [1.807, 2.05) is 15.4 Å². The zero-order chi connectivity index (χ0) is 22.9. The van der Waals surface area contributed by atoms with E-state index in [0.29, 0.717) is 17.1 Å². The van der Waals surface area contributed by atoms with Gasteiger partial charge < -0.3 is 9.30 Å². The van der Waals surface area contributed by atoms with Gasteiger partial charge in [-0.25, -0.2) is 36.9 Å². The molecule has 9 nitrogen and oxygen atoms in total. The lowest BCUT2D eigenvalue weighted by Crippen LogP contribution is -2.38. The van der Waals surface area contributed by atoms with E-state index in [1.54, 1.807) is 6.07 Å². The summed E-state index contributed by atoms with van der Waals surface area (Å²) in [5, 5.41) is 9.89. The number of methoxy groups -OCH3 is 1. The fraction of sp³-hybridized carbons (Fsp3) is 0.400. The Morgan fingerprint density at radius 1 is 1.28 bits per heavy atom. The van der Waals surface area contributed by atoms with Crippen LogP contribution < -0.4 is 9.46 Å². The molecule has 0 spiro atoms. The lowest BCUT2D eigenvalue weighted by molar-refractivity contribution is 0.323. The van der Waals surface area contributed by atoms with Gasteiger partial charge in [-0.1, -0.05) is 0 Å². The second-order valence-electron chi connectivity index (χ2n) is 7.38. The molecule has 12 heteroatoms. The predicted octanol–water partition coefficient (Wildman–Crippen LogP) is 2.68. The number of sulfonamides is 1. The first-order chi connectivity index (χ1) is 15.4. The van der Waals surface area contributed by atoms with Crippen molar-refractivity contribution in [1.82, 2.24) is 24.2 Å². The summed E-state index contributed by atoms with van der Waals surface area (Å²) in [6.45, 7) is -2.36. The van der Waals surface area contributed by atoms with Gasteiger partial charge in [0, 0.05) is 12.1 Å². The number of alkyl halides is 2. The Hall–Kier alpha value is -3.17. The van der Waals surface area contributed by atoms with E-state index < -0.39 is 29.4 Å². The van der Waals surface area contributed by atoms with Crippen molar-refractivity contribution in [3.05, 3.63) is 30.1 Å². The number of nitrogens with one attached hydrogen (secondary N) is 1. The van der Waals surface area contributed by atoms with Gasteiger partial charge in [0.15, 0.2) is 5.82 Å². The van der Waals surface area contributed by atoms with Crippen molar-refractivity contribution >= 4 is 21.1 Å². The molecule has 0 atom stereocenters. The number of aromatic nitrogens is 4. The van der Waals surface area contributed by atoms with Crippen molar-refractivity contribution in [3.63, 3.8) is 0 Å². The van der Waals surface area contributed by atoms with E-state index in [-0.39, 0.29) is 22.3 Å². The van der Waals surface area contributed by atoms with E-state index in [0.717, 1.165) is 37.2 Å². The van der Waals surface area contributed by atoms with Gasteiger partial charge in [-0.15, -0.1) is 0 Å². The second kappa shape index (κ2) is 8.76. The number of hydrogen-bond acceptors (Lipinski definition) is 7. The topological polar surface area (TPSA) is 123 Å². The average Bonchev–Trinajstić information content (AvgIpc) is 3.09. The lowest BCUT2D eigenvalue weighted by atomic mass is 9.92. The molecule has 32 heavy (non-hydrogen) atoms. The predicted molar refractivity (Wildman–Crippen MR) is 111 cm³/mol. The van der Waals surface area contributed by atoms with Crippen LogP contribution in [-0.4, -0.2) is 54.4 Å². The van der Waals surface area contributed by atoms with Crippen LogP contribution in [0, 0.1) is 11.3 Å². The van der Waals surface area contributed by atoms with Gasteiger partial charge in [-0.05, 0) is 25.3 Å². The molecular formula is C20H20F2N6O3S. The Morgan fingerprint density at radius 3 is 2.50 bits per heavy atom. The second-order valence-corrected chi connectivity index (χ2v) is 9.09. The molecule has 1 aliphatic carbocycles. The first-order valence-corrected chi connectivity index (χ1v) is 11.4. The molecule has 0 amide bonds. The summed E-state index contributed by atoms with van der Waals surface area (Å²) in [4.78, 5) is 12.4. The van der Waals surface area contributed by atoms with E-state index in [2.05, 4.69) is 21.0 Å². The standard InChI is InChI=1S/C20H20F2N6O3S/c1-31-17-6-5-16-18(26-17)15(9-23)19(28(16)13-3-2-4-13)20-24-10-14(11-25-20)32(29,30)27-12(7-21)8-22/h5-6,10-13,27H,2-4,7-8H2,1H3. The van der Waals surface area contributed by atoms with E-state index in [1.165, 1.54) is 7.11 Å². The Labute approximate surface area is 183 Å². The molecule has 0 bridgehead atoms. The Balaban J connectivity index is 1.82. The molecule has 3 aromatic rings. The van der Waals surface area contributed by atoms with Gasteiger partial charge in [0.25, 0.3) is 0 Å². The molecular weight excluding hydrogens is 442 g/mol. The highest BCUT2D eigenvalue weighted by atomic mass is 32.2. The highest BCUT2D eigenvalue weighted by Crippen LogP contribution is 2.41. The van der Waals surface area contributed by atoms with Crippen LogP contribution in [0.2, 0.25) is 0 Å². The summed E-state index contributed by atoms with van der Waals surface area (Å²) in [6.07, 6.45) is 4.98. The van der Waals surface area contributed by atoms with Crippen LogP contribution in [0.1, 0.15) is 30.9 Å². The monoisotopic (exact) mass is 462 g/mol. The molecule has 0 saturated heterocycles. The van der Waals surface area contributed by atoms with Gasteiger partial charge in [-0.3, -0.25) is 0 Å². The van der Waals surface area contributed by atoms with Crippen molar-refractivity contribution in [2.45, 2.75) is 36.2 Å². The van der Waals surface area contributed by atoms with Crippen LogP contribution in [0.5, 0.6) is 5.88 Å². The molecule has 0 radical (unpaired) electrons. The number of nitrogens with zero attached hydrogens (tertiary/aromatic N) is 5. The first-order valence-electron chi connectivity index (χ1n) is 9.89. The number of fused-ring (bicyclic) bond motifs is 1. The Bertz CT molecular complexity index is 1280. The van der Waals surface area contributed by atoms with Gasteiger partial charge in [0.1, 0.15) is 41.1 Å². The van der Waals surface area contributed by atoms with Crippen molar-refractivity contribution in [2.24, 2.45) is 0 Å². The van der Waals surface area contributed by atoms with Crippen molar-refractivity contribution in [1.29, 1.82) is 5.26 Å². The fourth-order valence-electron chi connectivity index (χ4n) is 3.60. The molecule has 0 unspecified atom stereocenters. The number of halogens is 2. The third-order valence-electron chi connectivity index (χ3n) is 5.43. The minimum absolute atomic E-state index is 0.133. The van der Waals surface area contributed by atoms with Gasteiger partial charge in [0.2, 0.25) is 15.9 Å². The van der Waals surface area contributed by atoms with Gasteiger partial charge in [0.05, 0.1) is 31.1 Å². The molecule has 0 aromatic carbocycles.